The van der Waals surface area contributed by atoms with Crippen molar-refractivity contribution in [2.24, 2.45) is 17.8 Å². The molecule has 0 aromatic heterocycles. The average Bonchev–Trinajstić information content (AvgIpc) is 2.71. The summed E-state index contributed by atoms with van der Waals surface area (Å²) in [7, 11) is 0. The first-order valence-electron chi connectivity index (χ1n) is 8.37. The minimum absolute atomic E-state index is 0.00532. The fraction of sp³-hybridized carbons (Fsp3) is 0.684. The van der Waals surface area contributed by atoms with E-state index in [0.717, 1.165) is 31.2 Å². The molecule has 2 aliphatic carbocycles. The monoisotopic (exact) mass is 288 g/mol. The Labute approximate surface area is 128 Å². The topological polar surface area (TPSA) is 40.5 Å². The molecule has 3 rings (SSSR count). The van der Waals surface area contributed by atoms with E-state index in [4.69, 9.17) is 0 Å². The summed E-state index contributed by atoms with van der Waals surface area (Å²) in [5.74, 6) is 0.717. The fourth-order valence-electron chi connectivity index (χ4n) is 5.25. The van der Waals surface area contributed by atoms with Crippen LogP contribution in [0.3, 0.4) is 0 Å². The molecule has 1 aromatic carbocycles. The van der Waals surface area contributed by atoms with Gasteiger partial charge in [-0.2, -0.15) is 0 Å². The maximum atomic E-state index is 11.5. The molecular weight excluding hydrogens is 260 g/mol. The summed E-state index contributed by atoms with van der Waals surface area (Å²) in [6, 6.07) is 10.3. The Hall–Kier alpha value is -0.860. The van der Waals surface area contributed by atoms with Crippen molar-refractivity contribution in [2.45, 2.75) is 63.6 Å². The van der Waals surface area contributed by atoms with Gasteiger partial charge in [0, 0.05) is 5.92 Å². The Morgan fingerprint density at radius 1 is 1.00 bits per heavy atom. The third-order valence-corrected chi connectivity index (χ3v) is 6.45. The largest absolute Gasteiger partial charge is 0.390 e. The van der Waals surface area contributed by atoms with Crippen LogP contribution in [-0.2, 0) is 0 Å². The summed E-state index contributed by atoms with van der Waals surface area (Å²) in [4.78, 5) is 0. The zero-order valence-electron chi connectivity index (χ0n) is 13.4. The lowest BCUT2D eigenvalue weighted by Crippen LogP contribution is -2.48. The molecule has 2 heteroatoms. The minimum Gasteiger partial charge on any atom is -0.390 e. The van der Waals surface area contributed by atoms with Gasteiger partial charge in [0.1, 0.15) is 0 Å². The number of fused-ring (bicyclic) bond motifs is 1. The number of hydrogen-bond donors (Lipinski definition) is 2. The van der Waals surface area contributed by atoms with Crippen LogP contribution >= 0.6 is 0 Å². The van der Waals surface area contributed by atoms with Crippen molar-refractivity contribution in [3.8, 4) is 0 Å². The van der Waals surface area contributed by atoms with E-state index in [1.165, 1.54) is 0 Å². The minimum atomic E-state index is -0.749. The van der Waals surface area contributed by atoms with Crippen LogP contribution in [0.5, 0.6) is 0 Å². The normalized spacial score (nSPS) is 46.9. The third kappa shape index (κ3) is 2.24. The maximum absolute atomic E-state index is 11.5. The quantitative estimate of drug-likeness (QED) is 0.826. The van der Waals surface area contributed by atoms with Gasteiger partial charge in [0.05, 0.1) is 11.2 Å². The van der Waals surface area contributed by atoms with Crippen molar-refractivity contribution in [3.63, 3.8) is 0 Å². The van der Waals surface area contributed by atoms with Crippen LogP contribution in [0.4, 0.5) is 0 Å². The molecule has 0 radical (unpaired) electrons. The van der Waals surface area contributed by atoms with Gasteiger partial charge in [-0.3, -0.25) is 0 Å². The van der Waals surface area contributed by atoms with Crippen molar-refractivity contribution in [1.29, 1.82) is 0 Å². The molecule has 2 nitrogen and oxygen atoms in total. The zero-order chi connectivity index (χ0) is 15.3. The van der Waals surface area contributed by atoms with Gasteiger partial charge in [0.15, 0.2) is 0 Å². The first-order valence-corrected chi connectivity index (χ1v) is 8.37. The molecule has 0 bridgehead atoms. The molecule has 2 fully saturated rings. The molecule has 6 atom stereocenters. The van der Waals surface area contributed by atoms with Crippen molar-refractivity contribution in [3.05, 3.63) is 35.9 Å². The summed E-state index contributed by atoms with van der Waals surface area (Å²) in [6.45, 7) is 6.28. The molecule has 2 N–H and O–H groups in total. The Morgan fingerprint density at radius 3 is 2.33 bits per heavy atom. The predicted octanol–water partition coefficient (Wildman–Crippen LogP) is 3.73. The van der Waals surface area contributed by atoms with E-state index in [0.29, 0.717) is 11.8 Å². The van der Waals surface area contributed by atoms with Gasteiger partial charge in [-0.05, 0) is 55.9 Å². The average molecular weight is 288 g/mol. The van der Waals surface area contributed by atoms with Gasteiger partial charge in [-0.1, -0.05) is 44.2 Å². The smallest absolute Gasteiger partial charge is 0.0733 e. The Morgan fingerprint density at radius 2 is 1.67 bits per heavy atom. The summed E-state index contributed by atoms with van der Waals surface area (Å²) >= 11 is 0. The van der Waals surface area contributed by atoms with Crippen molar-refractivity contribution >= 4 is 0 Å². The first kappa shape index (κ1) is 15.1. The highest BCUT2D eigenvalue weighted by molar-refractivity contribution is 5.26. The summed E-state index contributed by atoms with van der Waals surface area (Å²) < 4.78 is 0. The van der Waals surface area contributed by atoms with E-state index >= 15 is 0 Å². The van der Waals surface area contributed by atoms with Crippen LogP contribution in [0.2, 0.25) is 0 Å². The van der Waals surface area contributed by atoms with Gasteiger partial charge in [-0.15, -0.1) is 0 Å². The number of rotatable bonds is 1. The Bertz CT molecular complexity index is 496. The van der Waals surface area contributed by atoms with Gasteiger partial charge in [0.25, 0.3) is 0 Å². The highest BCUT2D eigenvalue weighted by atomic mass is 16.3. The second-order valence-electron chi connectivity index (χ2n) is 7.64. The molecule has 1 aromatic rings. The second kappa shape index (κ2) is 5.10. The predicted molar refractivity (Wildman–Crippen MR) is 85.0 cm³/mol. The number of benzene rings is 1. The van der Waals surface area contributed by atoms with Crippen LogP contribution in [0.15, 0.2) is 30.3 Å². The molecule has 0 amide bonds. The molecule has 0 heterocycles. The van der Waals surface area contributed by atoms with Crippen LogP contribution in [0, 0.1) is 17.8 Å². The highest BCUT2D eigenvalue weighted by Crippen LogP contribution is 2.56. The van der Waals surface area contributed by atoms with Crippen molar-refractivity contribution in [2.75, 3.05) is 0 Å². The number of hydrogen-bond acceptors (Lipinski definition) is 2. The summed E-state index contributed by atoms with van der Waals surface area (Å²) in [6.07, 6.45) is 3.91. The molecule has 0 spiro atoms. The van der Waals surface area contributed by atoms with Gasteiger partial charge in [-0.25, -0.2) is 0 Å². The lowest BCUT2D eigenvalue weighted by molar-refractivity contribution is -0.0935. The van der Waals surface area contributed by atoms with Crippen LogP contribution in [0.25, 0.3) is 0 Å². The van der Waals surface area contributed by atoms with E-state index < -0.39 is 11.2 Å². The molecule has 2 saturated carbocycles. The molecule has 116 valence electrons. The van der Waals surface area contributed by atoms with Gasteiger partial charge < -0.3 is 10.2 Å². The lowest BCUT2D eigenvalue weighted by atomic mass is 9.66. The van der Waals surface area contributed by atoms with E-state index in [2.05, 4.69) is 26.0 Å². The first-order chi connectivity index (χ1) is 9.87. The SMILES string of the molecule is C[C@H]1CC[C@H]2CC[C@@](C)(O)[C@H](c3ccccc3)[C@H](C)[C@]21O. The van der Waals surface area contributed by atoms with Crippen LogP contribution in [-0.4, -0.2) is 21.4 Å². The standard InChI is InChI=1S/C19H28O2/c1-13-9-10-16-11-12-18(3,20)17(14(2)19(13,16)21)15-7-5-4-6-8-15/h4-8,13-14,16-17,20-21H,9-12H2,1-3H3/t13-,14-,16-,17-,18+,19-/m0/s1. The molecule has 0 aliphatic heterocycles. The molecule has 2 aliphatic rings. The third-order valence-electron chi connectivity index (χ3n) is 6.45. The highest BCUT2D eigenvalue weighted by Gasteiger charge is 2.57. The van der Waals surface area contributed by atoms with Gasteiger partial charge in [0.2, 0.25) is 0 Å². The van der Waals surface area contributed by atoms with E-state index in [1.807, 2.05) is 25.1 Å². The van der Waals surface area contributed by atoms with Crippen LogP contribution < -0.4 is 0 Å². The number of aliphatic hydroxyl groups is 2. The van der Waals surface area contributed by atoms with E-state index in [1.54, 1.807) is 0 Å². The Balaban J connectivity index is 2.07. The lowest BCUT2D eigenvalue weighted by Gasteiger charge is -2.44. The summed E-state index contributed by atoms with van der Waals surface area (Å²) in [5, 5.41) is 22.6. The maximum Gasteiger partial charge on any atom is 0.0733 e. The van der Waals surface area contributed by atoms with E-state index in [-0.39, 0.29) is 11.8 Å². The fourth-order valence-corrected chi connectivity index (χ4v) is 5.25. The zero-order valence-corrected chi connectivity index (χ0v) is 13.4. The molecular formula is C19H28O2. The van der Waals surface area contributed by atoms with Gasteiger partial charge >= 0.3 is 0 Å². The van der Waals surface area contributed by atoms with Crippen molar-refractivity contribution < 1.29 is 10.2 Å². The molecule has 21 heavy (non-hydrogen) atoms. The second-order valence-corrected chi connectivity index (χ2v) is 7.64. The molecule has 0 saturated heterocycles. The molecule has 0 unspecified atom stereocenters. The van der Waals surface area contributed by atoms with E-state index in [9.17, 15) is 10.2 Å². The Kier molecular flexibility index (Phi) is 3.66. The summed E-state index contributed by atoms with van der Waals surface area (Å²) in [5.41, 5.74) is -0.232. The van der Waals surface area contributed by atoms with Crippen molar-refractivity contribution in [1.82, 2.24) is 0 Å². The van der Waals surface area contributed by atoms with Crippen LogP contribution in [0.1, 0.15) is 57.9 Å².